The van der Waals surface area contributed by atoms with Gasteiger partial charge in [-0.3, -0.25) is 4.57 Å². The number of aromatic nitrogens is 3. The van der Waals surface area contributed by atoms with Gasteiger partial charge in [-0.2, -0.15) is 0 Å². The zero-order chi connectivity index (χ0) is 16.8. The normalized spacial score (nSPS) is 11.3. The first-order chi connectivity index (χ1) is 11.3. The minimum Gasteiger partial charge on any atom is -0.296 e. The lowest BCUT2D eigenvalue weighted by molar-refractivity contribution is 0.520. The van der Waals surface area contributed by atoms with Crippen LogP contribution in [-0.4, -0.2) is 14.8 Å². The zero-order valence-electron chi connectivity index (χ0n) is 14.7. The molecule has 0 aliphatic rings. The van der Waals surface area contributed by atoms with Gasteiger partial charge in [0, 0.05) is 6.54 Å². The van der Waals surface area contributed by atoms with E-state index in [9.17, 15) is 0 Å². The molecule has 3 nitrogen and oxygen atoms in total. The molecule has 0 saturated carbocycles. The van der Waals surface area contributed by atoms with Gasteiger partial charge >= 0.3 is 0 Å². The van der Waals surface area contributed by atoms with Gasteiger partial charge in [-0.15, -0.1) is 10.2 Å². The maximum absolute atomic E-state index is 3.98. The minimum absolute atomic E-state index is 0.819. The number of hydrogen-bond acceptors (Lipinski definition) is 2. The smallest absolute Gasteiger partial charge is 0.200 e. The Balaban J connectivity index is 1.80. The lowest BCUT2D eigenvalue weighted by Crippen LogP contribution is -1.99. The molecule has 0 aliphatic heterocycles. The summed E-state index contributed by atoms with van der Waals surface area (Å²) in [7, 11) is 0. The number of nitrogens with zero attached hydrogens (tertiary/aromatic N) is 3. The highest BCUT2D eigenvalue weighted by atomic mass is 79.9. The van der Waals surface area contributed by atoms with Crippen LogP contribution in [0.3, 0.4) is 0 Å². The van der Waals surface area contributed by atoms with Crippen molar-refractivity contribution in [1.82, 2.24) is 14.8 Å². The van der Waals surface area contributed by atoms with Crippen molar-refractivity contribution in [3.05, 3.63) is 9.47 Å². The molecule has 0 unspecified atom stereocenters. The van der Waals surface area contributed by atoms with Crippen molar-refractivity contribution < 1.29 is 0 Å². The van der Waals surface area contributed by atoms with Gasteiger partial charge in [0.15, 0.2) is 0 Å². The molecule has 0 atom stereocenters. The maximum Gasteiger partial charge on any atom is 0.200 e. The summed E-state index contributed by atoms with van der Waals surface area (Å²) in [6.07, 6.45) is 19.5. The Morgan fingerprint density at radius 3 is 1.35 bits per heavy atom. The van der Waals surface area contributed by atoms with Gasteiger partial charge < -0.3 is 0 Å². The Morgan fingerprint density at radius 1 is 0.609 bits per heavy atom. The van der Waals surface area contributed by atoms with Crippen molar-refractivity contribution >= 4 is 31.9 Å². The van der Waals surface area contributed by atoms with E-state index in [2.05, 4.69) is 53.5 Å². The Hall–Kier alpha value is 0.1000. The first-order valence-electron chi connectivity index (χ1n) is 9.50. The number of unbranched alkanes of at least 4 members (excludes halogenated alkanes) is 13. The summed E-state index contributed by atoms with van der Waals surface area (Å²) < 4.78 is 3.71. The molecule has 1 aromatic rings. The van der Waals surface area contributed by atoms with Crippen LogP contribution in [0.25, 0.3) is 0 Å². The van der Waals surface area contributed by atoms with Gasteiger partial charge in [-0.05, 0) is 38.3 Å². The van der Waals surface area contributed by atoms with Crippen molar-refractivity contribution in [2.24, 2.45) is 0 Å². The van der Waals surface area contributed by atoms with E-state index in [4.69, 9.17) is 0 Å². The van der Waals surface area contributed by atoms with Crippen LogP contribution in [0.2, 0.25) is 0 Å². The number of hydrogen-bond donors (Lipinski definition) is 0. The molecule has 0 fully saturated rings. The molecule has 0 spiro atoms. The Labute approximate surface area is 159 Å². The summed E-state index contributed by atoms with van der Waals surface area (Å²) in [5.41, 5.74) is 0. The highest BCUT2D eigenvalue weighted by molar-refractivity contribution is 9.11. The van der Waals surface area contributed by atoms with Crippen LogP contribution >= 0.6 is 31.9 Å². The molecule has 0 saturated heterocycles. The Kier molecular flexibility index (Phi) is 13.3. The second-order valence-corrected chi connectivity index (χ2v) is 7.90. The van der Waals surface area contributed by atoms with E-state index in [0.29, 0.717) is 0 Å². The second-order valence-electron chi connectivity index (χ2n) is 6.49. The molecule has 1 aromatic heterocycles. The summed E-state index contributed by atoms with van der Waals surface area (Å²) >= 11 is 6.84. The number of rotatable bonds is 15. The molecular weight excluding hydrogens is 418 g/mol. The van der Waals surface area contributed by atoms with E-state index < -0.39 is 0 Å². The lowest BCUT2D eigenvalue weighted by Gasteiger charge is -2.05. The third-order valence-electron chi connectivity index (χ3n) is 4.40. The fraction of sp³-hybridized carbons (Fsp3) is 0.889. The molecule has 0 aliphatic carbocycles. The topological polar surface area (TPSA) is 30.7 Å². The fourth-order valence-corrected chi connectivity index (χ4v) is 4.00. The first kappa shape index (κ1) is 21.1. The third kappa shape index (κ3) is 10.5. The van der Waals surface area contributed by atoms with Crippen LogP contribution in [0.4, 0.5) is 0 Å². The summed E-state index contributed by atoms with van der Waals surface area (Å²) in [5.74, 6) is 0. The second kappa shape index (κ2) is 14.4. The van der Waals surface area contributed by atoms with Gasteiger partial charge in [-0.25, -0.2) is 0 Å². The quantitative estimate of drug-likeness (QED) is 0.262. The van der Waals surface area contributed by atoms with Crippen molar-refractivity contribution in [2.45, 2.75) is 103 Å². The molecule has 23 heavy (non-hydrogen) atoms. The molecule has 134 valence electrons. The Morgan fingerprint density at radius 2 is 0.957 bits per heavy atom. The van der Waals surface area contributed by atoms with Gasteiger partial charge in [0.2, 0.25) is 9.47 Å². The zero-order valence-corrected chi connectivity index (χ0v) is 17.9. The molecule has 0 N–H and O–H groups in total. The van der Waals surface area contributed by atoms with Crippen molar-refractivity contribution in [3.63, 3.8) is 0 Å². The van der Waals surface area contributed by atoms with Crippen LogP contribution in [-0.2, 0) is 6.54 Å². The highest BCUT2D eigenvalue weighted by Gasteiger charge is 2.05. The third-order valence-corrected chi connectivity index (χ3v) is 5.57. The monoisotopic (exact) mass is 449 g/mol. The summed E-state index contributed by atoms with van der Waals surface area (Å²) in [4.78, 5) is 0. The summed E-state index contributed by atoms with van der Waals surface area (Å²) in [5, 5.41) is 7.97. The average Bonchev–Trinajstić information content (AvgIpc) is 2.86. The standard InChI is InChI=1S/C18H33Br2N3/c1-2-3-4-5-6-7-8-9-10-11-12-13-14-15-16-23-17(19)21-22-18(23)20/h2-16H2,1H3. The molecule has 5 heteroatoms. The summed E-state index contributed by atoms with van der Waals surface area (Å²) in [6, 6.07) is 0. The molecular formula is C18H33Br2N3. The van der Waals surface area contributed by atoms with Crippen LogP contribution < -0.4 is 0 Å². The maximum atomic E-state index is 3.98. The van der Waals surface area contributed by atoms with E-state index in [0.717, 1.165) is 16.0 Å². The largest absolute Gasteiger partial charge is 0.296 e. The number of halogens is 2. The van der Waals surface area contributed by atoms with E-state index in [1.165, 1.54) is 89.9 Å². The fourth-order valence-electron chi connectivity index (χ4n) is 2.92. The average molecular weight is 451 g/mol. The molecule has 1 heterocycles. The van der Waals surface area contributed by atoms with Crippen molar-refractivity contribution in [1.29, 1.82) is 0 Å². The van der Waals surface area contributed by atoms with E-state index in [-0.39, 0.29) is 0 Å². The lowest BCUT2D eigenvalue weighted by atomic mass is 10.0. The molecule has 0 aromatic carbocycles. The van der Waals surface area contributed by atoms with Crippen LogP contribution in [0.5, 0.6) is 0 Å². The highest BCUT2D eigenvalue weighted by Crippen LogP contribution is 2.17. The SMILES string of the molecule is CCCCCCCCCCCCCCCCn1c(Br)nnc1Br. The predicted molar refractivity (Wildman–Crippen MR) is 106 cm³/mol. The van der Waals surface area contributed by atoms with Crippen molar-refractivity contribution in [2.75, 3.05) is 0 Å². The van der Waals surface area contributed by atoms with E-state index in [1.54, 1.807) is 0 Å². The molecule has 0 amide bonds. The molecule has 0 radical (unpaired) electrons. The van der Waals surface area contributed by atoms with E-state index >= 15 is 0 Å². The van der Waals surface area contributed by atoms with Crippen LogP contribution in [0, 0.1) is 0 Å². The van der Waals surface area contributed by atoms with Crippen LogP contribution in [0.15, 0.2) is 9.47 Å². The molecule has 1 rings (SSSR count). The van der Waals surface area contributed by atoms with Gasteiger partial charge in [-0.1, -0.05) is 90.4 Å². The minimum atomic E-state index is 0.819. The Bertz CT molecular complexity index is 374. The first-order valence-corrected chi connectivity index (χ1v) is 11.1. The van der Waals surface area contributed by atoms with Gasteiger partial charge in [0.1, 0.15) is 0 Å². The van der Waals surface area contributed by atoms with Crippen LogP contribution in [0.1, 0.15) is 96.8 Å². The van der Waals surface area contributed by atoms with E-state index in [1.807, 2.05) is 0 Å². The predicted octanol–water partition coefficient (Wildman–Crippen LogP) is 7.28. The molecule has 0 bridgehead atoms. The van der Waals surface area contributed by atoms with Crippen molar-refractivity contribution in [3.8, 4) is 0 Å². The van der Waals surface area contributed by atoms with Gasteiger partial charge in [0.05, 0.1) is 0 Å². The summed E-state index contributed by atoms with van der Waals surface area (Å²) in [6.45, 7) is 3.28. The van der Waals surface area contributed by atoms with Gasteiger partial charge in [0.25, 0.3) is 0 Å².